The fraction of sp³-hybridized carbons (Fsp3) is 0.676. The smallest absolute Gasteiger partial charge is 0.409 e. The standard InChI is InChI=1S/C34H59N7O6/c1-24(2)30(39-29(43)13-9-8-10-18-35)28(42)22-26(12-11-19-37-32(36)45)31(44)38-27-16-14-25(15-17-27)23-47-33(46)40(6)20-21-41(7)34(3,4)5/h14-17,24,26,30H,8-13,18-23,35H2,1-7H3,(H,38,44)(H,39,43)(H3,36,37,45)/t26-,30?/m1/s1. The second-order valence-corrected chi connectivity index (χ2v) is 13.4. The molecule has 266 valence electrons. The van der Waals surface area contributed by atoms with Crippen molar-refractivity contribution in [1.82, 2.24) is 20.4 Å². The number of nitrogens with two attached hydrogens (primary N) is 2. The van der Waals surface area contributed by atoms with Crippen molar-refractivity contribution in [3.8, 4) is 0 Å². The van der Waals surface area contributed by atoms with Crippen LogP contribution in [-0.2, 0) is 25.7 Å². The first-order valence-corrected chi connectivity index (χ1v) is 16.6. The Labute approximate surface area is 280 Å². The normalized spacial score (nSPS) is 12.7. The monoisotopic (exact) mass is 661 g/mol. The molecule has 0 saturated heterocycles. The number of rotatable bonds is 21. The summed E-state index contributed by atoms with van der Waals surface area (Å²) in [7, 11) is 3.71. The highest BCUT2D eigenvalue weighted by Gasteiger charge is 2.29. The summed E-state index contributed by atoms with van der Waals surface area (Å²) in [6, 6.07) is 5.53. The molecule has 13 nitrogen and oxygen atoms in total. The molecular formula is C34H59N7O6. The molecule has 5 amide bonds. The van der Waals surface area contributed by atoms with Gasteiger partial charge < -0.3 is 37.1 Å². The Balaban J connectivity index is 2.82. The van der Waals surface area contributed by atoms with Crippen molar-refractivity contribution in [1.29, 1.82) is 0 Å². The molecule has 0 saturated carbocycles. The highest BCUT2D eigenvalue weighted by molar-refractivity contribution is 5.97. The zero-order valence-electron chi connectivity index (χ0n) is 29.5. The Hall–Kier alpha value is -3.71. The van der Waals surface area contributed by atoms with Crippen LogP contribution in [0.5, 0.6) is 0 Å². The number of urea groups is 1. The summed E-state index contributed by atoms with van der Waals surface area (Å²) in [5.41, 5.74) is 12.0. The van der Waals surface area contributed by atoms with Crippen LogP contribution in [0, 0.1) is 11.8 Å². The van der Waals surface area contributed by atoms with Crippen LogP contribution in [-0.4, -0.2) is 91.4 Å². The number of carbonyl (C=O) groups excluding carboxylic acids is 5. The Morgan fingerprint density at radius 1 is 0.936 bits per heavy atom. The highest BCUT2D eigenvalue weighted by atomic mass is 16.6. The first-order valence-electron chi connectivity index (χ1n) is 16.6. The number of benzene rings is 1. The van der Waals surface area contributed by atoms with Crippen molar-refractivity contribution in [3.63, 3.8) is 0 Å². The molecule has 2 atom stereocenters. The molecule has 0 radical (unpaired) electrons. The number of hydrogen-bond acceptors (Lipinski definition) is 8. The number of carbonyl (C=O) groups is 5. The van der Waals surface area contributed by atoms with Gasteiger partial charge in [-0.2, -0.15) is 0 Å². The number of likely N-dealkylation sites (N-methyl/N-ethyl adjacent to an activating group) is 2. The average molecular weight is 662 g/mol. The number of ketones is 1. The van der Waals surface area contributed by atoms with Crippen LogP contribution >= 0.6 is 0 Å². The molecule has 1 unspecified atom stereocenters. The Bertz CT molecular complexity index is 1140. The van der Waals surface area contributed by atoms with Crippen molar-refractivity contribution in [2.45, 2.75) is 97.8 Å². The molecule has 13 heteroatoms. The molecule has 0 bridgehead atoms. The van der Waals surface area contributed by atoms with Gasteiger partial charge in [-0.1, -0.05) is 32.4 Å². The molecular weight excluding hydrogens is 602 g/mol. The first kappa shape index (κ1) is 41.3. The quantitative estimate of drug-likeness (QED) is 0.124. The summed E-state index contributed by atoms with van der Waals surface area (Å²) in [6.07, 6.45) is 2.92. The van der Waals surface area contributed by atoms with Gasteiger partial charge in [0.1, 0.15) is 6.61 Å². The minimum absolute atomic E-state index is 0.00199. The number of amides is 5. The van der Waals surface area contributed by atoms with Gasteiger partial charge in [0.25, 0.3) is 0 Å². The molecule has 1 rings (SSSR count). The SMILES string of the molecule is CC(C)C(NC(=O)CCCCCN)C(=O)C[C@@H](CCCNC(N)=O)C(=O)Nc1ccc(COC(=O)N(C)CCN(C)C(C)(C)C)cc1. The summed E-state index contributed by atoms with van der Waals surface area (Å²) in [5, 5.41) is 8.23. The molecule has 47 heavy (non-hydrogen) atoms. The van der Waals surface area contributed by atoms with E-state index < -0.39 is 24.1 Å². The fourth-order valence-electron chi connectivity index (χ4n) is 4.64. The van der Waals surface area contributed by atoms with Crippen LogP contribution in [0.2, 0.25) is 0 Å². The molecule has 0 fully saturated rings. The molecule has 0 heterocycles. The molecule has 0 aliphatic rings. The van der Waals surface area contributed by atoms with Crippen LogP contribution in [0.15, 0.2) is 24.3 Å². The second-order valence-electron chi connectivity index (χ2n) is 13.4. The van der Waals surface area contributed by atoms with Crippen molar-refractivity contribution >= 4 is 35.4 Å². The summed E-state index contributed by atoms with van der Waals surface area (Å²) < 4.78 is 5.45. The van der Waals surface area contributed by atoms with Crippen LogP contribution in [0.25, 0.3) is 0 Å². The number of anilines is 1. The summed E-state index contributed by atoms with van der Waals surface area (Å²) in [5.74, 6) is -1.65. The minimum atomic E-state index is -0.725. The van der Waals surface area contributed by atoms with Gasteiger partial charge in [0.2, 0.25) is 11.8 Å². The number of nitrogens with one attached hydrogen (secondary N) is 3. The van der Waals surface area contributed by atoms with E-state index in [1.165, 1.54) is 4.90 Å². The maximum atomic E-state index is 13.4. The summed E-state index contributed by atoms with van der Waals surface area (Å²) in [4.78, 5) is 66.6. The van der Waals surface area contributed by atoms with E-state index in [1.54, 1.807) is 31.3 Å². The van der Waals surface area contributed by atoms with Gasteiger partial charge in [-0.3, -0.25) is 19.3 Å². The van der Waals surface area contributed by atoms with Crippen molar-refractivity contribution in [2.75, 3.05) is 45.6 Å². The van der Waals surface area contributed by atoms with Crippen molar-refractivity contribution < 1.29 is 28.7 Å². The zero-order valence-corrected chi connectivity index (χ0v) is 29.5. The maximum Gasteiger partial charge on any atom is 0.409 e. The van der Waals surface area contributed by atoms with E-state index in [-0.39, 0.29) is 48.6 Å². The van der Waals surface area contributed by atoms with Gasteiger partial charge in [-0.25, -0.2) is 9.59 Å². The van der Waals surface area contributed by atoms with Gasteiger partial charge in [-0.05, 0) is 83.7 Å². The minimum Gasteiger partial charge on any atom is -0.445 e. The zero-order chi connectivity index (χ0) is 35.6. The Morgan fingerprint density at radius 3 is 2.17 bits per heavy atom. The first-order chi connectivity index (χ1) is 22.0. The van der Waals surface area contributed by atoms with Gasteiger partial charge in [0, 0.05) is 56.7 Å². The number of unbranched alkanes of at least 4 members (excludes halogenated alkanes) is 2. The predicted octanol–water partition coefficient (Wildman–Crippen LogP) is 3.61. The van der Waals surface area contributed by atoms with Crippen LogP contribution in [0.3, 0.4) is 0 Å². The number of primary amides is 1. The molecule has 7 N–H and O–H groups in total. The lowest BCUT2D eigenvalue weighted by molar-refractivity contribution is -0.131. The maximum absolute atomic E-state index is 13.4. The van der Waals surface area contributed by atoms with Gasteiger partial charge >= 0.3 is 12.1 Å². The van der Waals surface area contributed by atoms with Gasteiger partial charge in [0.05, 0.1) is 6.04 Å². The number of hydrogen-bond donors (Lipinski definition) is 5. The van der Waals surface area contributed by atoms with Gasteiger partial charge in [0.15, 0.2) is 5.78 Å². The second kappa shape index (κ2) is 21.2. The number of ether oxygens (including phenoxy) is 1. The van der Waals surface area contributed by atoms with E-state index in [9.17, 15) is 24.0 Å². The van der Waals surface area contributed by atoms with E-state index in [1.807, 2.05) is 20.9 Å². The topological polar surface area (TPSA) is 189 Å². The number of Topliss-reactive ketones (excluding diaryl/α,β-unsaturated/α-hetero) is 1. The third-order valence-corrected chi connectivity index (χ3v) is 8.10. The van der Waals surface area contributed by atoms with Crippen molar-refractivity contribution in [2.24, 2.45) is 23.3 Å². The molecule has 0 aliphatic heterocycles. The van der Waals surface area contributed by atoms with Crippen LogP contribution < -0.4 is 27.4 Å². The van der Waals surface area contributed by atoms with Crippen molar-refractivity contribution in [3.05, 3.63) is 29.8 Å². The third kappa shape index (κ3) is 17.1. The lowest BCUT2D eigenvalue weighted by Gasteiger charge is -2.33. The average Bonchev–Trinajstić information content (AvgIpc) is 3.00. The summed E-state index contributed by atoms with van der Waals surface area (Å²) >= 11 is 0. The Kier molecular flexibility index (Phi) is 18.7. The van der Waals surface area contributed by atoms with E-state index >= 15 is 0 Å². The number of nitrogens with zero attached hydrogens (tertiary/aromatic N) is 2. The predicted molar refractivity (Wildman–Crippen MR) is 184 cm³/mol. The van der Waals surface area contributed by atoms with Gasteiger partial charge in [-0.15, -0.1) is 0 Å². The van der Waals surface area contributed by atoms with Crippen LogP contribution in [0.1, 0.15) is 85.1 Å². The third-order valence-electron chi connectivity index (χ3n) is 8.10. The van der Waals surface area contributed by atoms with E-state index in [4.69, 9.17) is 16.2 Å². The Morgan fingerprint density at radius 2 is 1.60 bits per heavy atom. The molecule has 0 spiro atoms. The molecule has 1 aromatic rings. The summed E-state index contributed by atoms with van der Waals surface area (Å²) in [6.45, 7) is 12.2. The molecule has 1 aromatic carbocycles. The lowest BCUT2D eigenvalue weighted by Crippen LogP contribution is -2.45. The highest BCUT2D eigenvalue weighted by Crippen LogP contribution is 2.20. The van der Waals surface area contributed by atoms with E-state index in [2.05, 4.69) is 41.6 Å². The van der Waals surface area contributed by atoms with E-state index in [0.717, 1.165) is 18.4 Å². The molecule has 0 aliphatic carbocycles. The van der Waals surface area contributed by atoms with Crippen LogP contribution in [0.4, 0.5) is 15.3 Å². The van der Waals surface area contributed by atoms with E-state index in [0.29, 0.717) is 51.0 Å². The largest absolute Gasteiger partial charge is 0.445 e. The molecule has 0 aromatic heterocycles. The fourth-order valence-corrected chi connectivity index (χ4v) is 4.64. The lowest BCUT2D eigenvalue weighted by atomic mass is 9.89.